The van der Waals surface area contributed by atoms with E-state index in [9.17, 15) is 4.79 Å². The zero-order valence-electron chi connectivity index (χ0n) is 14.4. The summed E-state index contributed by atoms with van der Waals surface area (Å²) in [4.78, 5) is 27.3. The third-order valence-electron chi connectivity index (χ3n) is 4.69. The first-order valence-corrected chi connectivity index (χ1v) is 8.78. The Hall–Kier alpha value is -2.93. The molecule has 0 radical (unpaired) electrons. The SMILES string of the molecule is O=c1ccc(-c2ccncc2)nn1CC1CCCN1Cc1ncccn1. The number of hydrogen-bond acceptors (Lipinski definition) is 6. The van der Waals surface area contributed by atoms with Crippen LogP contribution in [0.1, 0.15) is 18.7 Å². The van der Waals surface area contributed by atoms with Crippen LogP contribution < -0.4 is 5.56 Å². The summed E-state index contributed by atoms with van der Waals surface area (Å²) in [6.45, 7) is 2.26. The molecule has 4 heterocycles. The van der Waals surface area contributed by atoms with Crippen LogP contribution >= 0.6 is 0 Å². The lowest BCUT2D eigenvalue weighted by atomic mass is 10.2. The van der Waals surface area contributed by atoms with Gasteiger partial charge in [0.05, 0.1) is 18.8 Å². The Bertz CT molecular complexity index is 912. The molecule has 7 nitrogen and oxygen atoms in total. The first-order valence-electron chi connectivity index (χ1n) is 8.78. The van der Waals surface area contributed by atoms with Gasteiger partial charge in [-0.15, -0.1) is 0 Å². The van der Waals surface area contributed by atoms with Crippen molar-refractivity contribution in [2.24, 2.45) is 0 Å². The summed E-state index contributed by atoms with van der Waals surface area (Å²) in [6.07, 6.45) is 9.13. The second kappa shape index (κ2) is 7.53. The van der Waals surface area contributed by atoms with Gasteiger partial charge >= 0.3 is 0 Å². The van der Waals surface area contributed by atoms with Crippen LogP contribution in [0.25, 0.3) is 11.3 Å². The van der Waals surface area contributed by atoms with E-state index >= 15 is 0 Å². The van der Waals surface area contributed by atoms with Gasteiger partial charge < -0.3 is 0 Å². The van der Waals surface area contributed by atoms with Crippen molar-refractivity contribution in [3.05, 3.63) is 71.3 Å². The number of hydrogen-bond donors (Lipinski definition) is 0. The summed E-state index contributed by atoms with van der Waals surface area (Å²) in [5.74, 6) is 0.810. The minimum atomic E-state index is -0.0781. The number of aromatic nitrogens is 5. The molecule has 1 fully saturated rings. The molecule has 26 heavy (non-hydrogen) atoms. The van der Waals surface area contributed by atoms with E-state index in [1.165, 1.54) is 0 Å². The molecular weight excluding hydrogens is 328 g/mol. The summed E-state index contributed by atoms with van der Waals surface area (Å²) < 4.78 is 1.57. The molecule has 0 bridgehead atoms. The molecule has 1 aliphatic rings. The summed E-state index contributed by atoms with van der Waals surface area (Å²) in [5.41, 5.74) is 1.66. The molecule has 132 valence electrons. The fourth-order valence-corrected chi connectivity index (χ4v) is 3.36. The van der Waals surface area contributed by atoms with Gasteiger partial charge in [-0.3, -0.25) is 14.7 Å². The molecule has 3 aromatic heterocycles. The molecule has 1 saturated heterocycles. The normalized spacial score (nSPS) is 17.5. The highest BCUT2D eigenvalue weighted by molar-refractivity contribution is 5.56. The smallest absolute Gasteiger partial charge is 0.266 e. The molecule has 1 unspecified atom stereocenters. The highest BCUT2D eigenvalue weighted by atomic mass is 16.1. The van der Waals surface area contributed by atoms with Crippen LogP contribution in [-0.4, -0.2) is 42.2 Å². The lowest BCUT2D eigenvalue weighted by Gasteiger charge is -2.23. The van der Waals surface area contributed by atoms with E-state index in [1.807, 2.05) is 18.2 Å². The van der Waals surface area contributed by atoms with E-state index in [-0.39, 0.29) is 11.6 Å². The molecule has 1 atom stereocenters. The fourth-order valence-electron chi connectivity index (χ4n) is 3.36. The van der Waals surface area contributed by atoms with E-state index in [4.69, 9.17) is 0 Å². The number of nitrogens with zero attached hydrogens (tertiary/aromatic N) is 6. The largest absolute Gasteiger partial charge is 0.291 e. The summed E-state index contributed by atoms with van der Waals surface area (Å²) in [6, 6.07) is 9.22. The lowest BCUT2D eigenvalue weighted by molar-refractivity contribution is 0.212. The number of likely N-dealkylation sites (tertiary alicyclic amines) is 1. The van der Waals surface area contributed by atoms with Crippen molar-refractivity contribution in [3.63, 3.8) is 0 Å². The quantitative estimate of drug-likeness (QED) is 0.699. The second-order valence-electron chi connectivity index (χ2n) is 6.41. The predicted octanol–water partition coefficient (Wildman–Crippen LogP) is 1.76. The Labute approximate surface area is 151 Å². The maximum Gasteiger partial charge on any atom is 0.266 e. The minimum absolute atomic E-state index is 0.0781. The van der Waals surface area contributed by atoms with E-state index in [1.54, 1.807) is 41.6 Å². The van der Waals surface area contributed by atoms with Gasteiger partial charge in [-0.1, -0.05) is 0 Å². The van der Waals surface area contributed by atoms with E-state index in [0.29, 0.717) is 13.1 Å². The van der Waals surface area contributed by atoms with Gasteiger partial charge in [-0.05, 0) is 43.7 Å². The molecule has 3 aromatic rings. The first-order chi connectivity index (χ1) is 12.8. The minimum Gasteiger partial charge on any atom is -0.291 e. The van der Waals surface area contributed by atoms with Crippen LogP contribution in [0.4, 0.5) is 0 Å². The van der Waals surface area contributed by atoms with Crippen LogP contribution in [0, 0.1) is 0 Å². The summed E-state index contributed by atoms with van der Waals surface area (Å²) >= 11 is 0. The van der Waals surface area contributed by atoms with Crippen LogP contribution in [0.2, 0.25) is 0 Å². The van der Waals surface area contributed by atoms with Crippen molar-refractivity contribution >= 4 is 0 Å². The van der Waals surface area contributed by atoms with E-state index in [0.717, 1.165) is 36.5 Å². The van der Waals surface area contributed by atoms with Crippen molar-refractivity contribution in [1.29, 1.82) is 0 Å². The number of pyridine rings is 1. The Balaban J connectivity index is 1.53. The Morgan fingerprint density at radius 1 is 1.04 bits per heavy atom. The fraction of sp³-hybridized carbons (Fsp3) is 0.316. The molecule has 0 saturated carbocycles. The molecule has 0 amide bonds. The third-order valence-corrected chi connectivity index (χ3v) is 4.69. The molecule has 0 spiro atoms. The van der Waals surface area contributed by atoms with Gasteiger partial charge in [-0.2, -0.15) is 5.10 Å². The molecular formula is C19H20N6O. The summed E-state index contributed by atoms with van der Waals surface area (Å²) in [5, 5.41) is 4.57. The lowest BCUT2D eigenvalue weighted by Crippen LogP contribution is -2.37. The van der Waals surface area contributed by atoms with Crippen molar-refractivity contribution in [3.8, 4) is 11.3 Å². The zero-order valence-corrected chi connectivity index (χ0v) is 14.4. The maximum absolute atomic E-state index is 12.3. The Kier molecular flexibility index (Phi) is 4.79. The van der Waals surface area contributed by atoms with Crippen LogP contribution in [0.15, 0.2) is 59.9 Å². The highest BCUT2D eigenvalue weighted by Crippen LogP contribution is 2.20. The molecule has 0 N–H and O–H groups in total. The van der Waals surface area contributed by atoms with Gasteiger partial charge in [0.2, 0.25) is 0 Å². The Morgan fingerprint density at radius 3 is 2.65 bits per heavy atom. The summed E-state index contributed by atoms with van der Waals surface area (Å²) in [7, 11) is 0. The van der Waals surface area contributed by atoms with Gasteiger partial charge in [0.15, 0.2) is 0 Å². The first kappa shape index (κ1) is 16.5. The maximum atomic E-state index is 12.3. The topological polar surface area (TPSA) is 76.8 Å². The van der Waals surface area contributed by atoms with E-state index in [2.05, 4.69) is 25.0 Å². The molecule has 4 rings (SSSR count). The standard InChI is InChI=1S/C19H20N6O/c26-19-5-4-17(15-6-10-20-11-7-15)23-25(19)13-16-3-1-12-24(16)14-18-21-8-2-9-22-18/h2,4-11,16H,1,3,12-14H2. The van der Waals surface area contributed by atoms with E-state index < -0.39 is 0 Å². The predicted molar refractivity (Wildman–Crippen MR) is 97.2 cm³/mol. The van der Waals surface area contributed by atoms with Crippen molar-refractivity contribution in [1.82, 2.24) is 29.6 Å². The van der Waals surface area contributed by atoms with Crippen LogP contribution in [0.3, 0.4) is 0 Å². The third kappa shape index (κ3) is 3.67. The molecule has 7 heteroatoms. The monoisotopic (exact) mass is 348 g/mol. The number of rotatable bonds is 5. The van der Waals surface area contributed by atoms with Crippen molar-refractivity contribution in [2.75, 3.05) is 6.54 Å². The van der Waals surface area contributed by atoms with Gasteiger partial charge in [-0.25, -0.2) is 14.6 Å². The average molecular weight is 348 g/mol. The van der Waals surface area contributed by atoms with Crippen LogP contribution in [-0.2, 0) is 13.1 Å². The molecule has 1 aliphatic heterocycles. The second-order valence-corrected chi connectivity index (χ2v) is 6.41. The highest BCUT2D eigenvalue weighted by Gasteiger charge is 2.26. The van der Waals surface area contributed by atoms with Crippen LogP contribution in [0.5, 0.6) is 0 Å². The van der Waals surface area contributed by atoms with Gasteiger partial charge in [0.25, 0.3) is 5.56 Å². The van der Waals surface area contributed by atoms with Gasteiger partial charge in [0.1, 0.15) is 5.82 Å². The average Bonchev–Trinajstić information content (AvgIpc) is 3.12. The van der Waals surface area contributed by atoms with Crippen molar-refractivity contribution in [2.45, 2.75) is 32.0 Å². The zero-order chi connectivity index (χ0) is 17.8. The molecule has 0 aromatic carbocycles. The van der Waals surface area contributed by atoms with Crippen molar-refractivity contribution < 1.29 is 0 Å². The van der Waals surface area contributed by atoms with Gasteiger partial charge in [0, 0.05) is 42.5 Å². The Morgan fingerprint density at radius 2 is 1.85 bits per heavy atom. The molecule has 0 aliphatic carbocycles.